The van der Waals surface area contributed by atoms with E-state index in [0.29, 0.717) is 0 Å². The number of fused-ring (bicyclic) bond motifs is 4. The first-order valence-corrected chi connectivity index (χ1v) is 11.8. The molecule has 0 saturated heterocycles. The van der Waals surface area contributed by atoms with Gasteiger partial charge in [0.05, 0.1) is 0 Å². The van der Waals surface area contributed by atoms with Gasteiger partial charge in [-0.25, -0.2) is 0 Å². The normalized spacial score (nSPS) is 19.8. The Bertz CT molecular complexity index is 1350. The molecule has 0 bridgehead atoms. The molecular weight excluding hydrogens is 396 g/mol. The smallest absolute Gasteiger partial charge is 0.0352 e. The number of benzene rings is 5. The second-order valence-electron chi connectivity index (χ2n) is 9.23. The van der Waals surface area contributed by atoms with Crippen LogP contribution in [-0.2, 0) is 0 Å². The second-order valence-corrected chi connectivity index (χ2v) is 9.23. The topological polar surface area (TPSA) is 0 Å². The lowest BCUT2D eigenvalue weighted by molar-refractivity contribution is 0.754. The summed E-state index contributed by atoms with van der Waals surface area (Å²) in [6.07, 6.45) is 0. The maximum atomic E-state index is 2.37. The van der Waals surface area contributed by atoms with E-state index in [4.69, 9.17) is 0 Å². The molecule has 0 amide bonds. The number of hydrogen-bond acceptors (Lipinski definition) is 0. The highest BCUT2D eigenvalue weighted by molar-refractivity contribution is 5.69. The van der Waals surface area contributed by atoms with Crippen LogP contribution in [0.1, 0.15) is 67.8 Å². The molecule has 156 valence electrons. The first kappa shape index (κ1) is 18.7. The number of hydrogen-bond donors (Lipinski definition) is 0. The molecule has 5 aromatic carbocycles. The Balaban J connectivity index is 1.58. The summed E-state index contributed by atoms with van der Waals surface area (Å²) in [4.78, 5) is 0. The Kier molecular flexibility index (Phi) is 4.14. The van der Waals surface area contributed by atoms with Gasteiger partial charge in [-0.2, -0.15) is 0 Å². The zero-order valence-electron chi connectivity index (χ0n) is 18.4. The highest BCUT2D eigenvalue weighted by atomic mass is 14.4. The molecule has 0 N–H and O–H groups in total. The average Bonchev–Trinajstić information content (AvgIpc) is 2.89. The molecule has 2 aliphatic rings. The summed E-state index contributed by atoms with van der Waals surface area (Å²) in [6.45, 7) is 0. The van der Waals surface area contributed by atoms with Gasteiger partial charge in [0.15, 0.2) is 0 Å². The van der Waals surface area contributed by atoms with Crippen molar-refractivity contribution in [2.45, 2.75) is 17.8 Å². The van der Waals surface area contributed by atoms with Crippen LogP contribution in [0.15, 0.2) is 127 Å². The quantitative estimate of drug-likeness (QED) is 0.267. The van der Waals surface area contributed by atoms with E-state index in [1.54, 1.807) is 0 Å². The summed E-state index contributed by atoms with van der Waals surface area (Å²) in [6, 6.07) is 47.3. The summed E-state index contributed by atoms with van der Waals surface area (Å²) in [5.41, 5.74) is 12.9. The summed E-state index contributed by atoms with van der Waals surface area (Å²) in [5, 5.41) is 0. The molecule has 2 unspecified atom stereocenters. The Morgan fingerprint density at radius 2 is 0.606 bits per heavy atom. The third-order valence-electron chi connectivity index (χ3n) is 7.59. The van der Waals surface area contributed by atoms with E-state index in [9.17, 15) is 0 Å². The third-order valence-corrected chi connectivity index (χ3v) is 7.59. The van der Waals surface area contributed by atoms with Gasteiger partial charge in [0, 0.05) is 17.8 Å². The minimum Gasteiger partial charge on any atom is -0.0622 e. The zero-order valence-corrected chi connectivity index (χ0v) is 18.4. The standard InChI is InChI=1S/C33H24/c1-3-12-22(13-4-1)30-24-16-7-9-18-26(24)32-27-19-10-8-17-25(27)31(23-14-5-2-6-15-23)29-21-11-20-28(30)33(29)32/h1-21,30-32H. The van der Waals surface area contributed by atoms with Gasteiger partial charge in [-0.3, -0.25) is 0 Å². The van der Waals surface area contributed by atoms with Crippen LogP contribution in [0, 0.1) is 0 Å². The molecule has 0 heterocycles. The fourth-order valence-electron chi connectivity index (χ4n) is 6.33. The lowest BCUT2D eigenvalue weighted by atomic mass is 9.61. The molecule has 0 fully saturated rings. The maximum absolute atomic E-state index is 2.37. The van der Waals surface area contributed by atoms with Crippen LogP contribution in [0.5, 0.6) is 0 Å². The van der Waals surface area contributed by atoms with Gasteiger partial charge in [0.2, 0.25) is 0 Å². The van der Waals surface area contributed by atoms with Crippen molar-refractivity contribution in [3.05, 3.63) is 177 Å². The van der Waals surface area contributed by atoms with Gasteiger partial charge in [0.1, 0.15) is 0 Å². The van der Waals surface area contributed by atoms with Crippen molar-refractivity contribution in [2.75, 3.05) is 0 Å². The minimum atomic E-state index is 0.260. The lowest BCUT2D eigenvalue weighted by Crippen LogP contribution is -2.27. The molecule has 2 aliphatic carbocycles. The molecular formula is C33H24. The largest absolute Gasteiger partial charge is 0.0622 e. The molecule has 0 nitrogen and oxygen atoms in total. The van der Waals surface area contributed by atoms with Crippen LogP contribution in [0.3, 0.4) is 0 Å². The first-order chi connectivity index (χ1) is 16.4. The highest BCUT2D eigenvalue weighted by Gasteiger charge is 2.41. The maximum Gasteiger partial charge on any atom is 0.0352 e. The van der Waals surface area contributed by atoms with Gasteiger partial charge in [-0.1, -0.05) is 127 Å². The van der Waals surface area contributed by atoms with Gasteiger partial charge in [0.25, 0.3) is 0 Å². The Hall–Kier alpha value is -3.90. The van der Waals surface area contributed by atoms with Gasteiger partial charge >= 0.3 is 0 Å². The third kappa shape index (κ3) is 2.71. The Morgan fingerprint density at radius 3 is 1.03 bits per heavy atom. The van der Waals surface area contributed by atoms with Crippen molar-refractivity contribution in [2.24, 2.45) is 0 Å². The van der Waals surface area contributed by atoms with E-state index >= 15 is 0 Å². The average molecular weight is 421 g/mol. The van der Waals surface area contributed by atoms with Crippen molar-refractivity contribution in [3.8, 4) is 0 Å². The predicted octanol–water partition coefficient (Wildman–Crippen LogP) is 7.85. The summed E-state index contributed by atoms with van der Waals surface area (Å²) in [5.74, 6) is 0.800. The van der Waals surface area contributed by atoms with E-state index < -0.39 is 0 Å². The van der Waals surface area contributed by atoms with E-state index in [2.05, 4.69) is 127 Å². The van der Waals surface area contributed by atoms with Gasteiger partial charge < -0.3 is 0 Å². The number of rotatable bonds is 2. The van der Waals surface area contributed by atoms with Crippen LogP contribution in [0.2, 0.25) is 0 Å². The molecule has 0 aliphatic heterocycles. The summed E-state index contributed by atoms with van der Waals surface area (Å²) >= 11 is 0. The second kappa shape index (κ2) is 7.32. The molecule has 0 heteroatoms. The van der Waals surface area contributed by atoms with Crippen LogP contribution in [0.25, 0.3) is 0 Å². The summed E-state index contributed by atoms with van der Waals surface area (Å²) < 4.78 is 0. The minimum absolute atomic E-state index is 0.260. The molecule has 7 rings (SSSR count). The molecule has 2 atom stereocenters. The lowest BCUT2D eigenvalue weighted by Gasteiger charge is -2.42. The first-order valence-electron chi connectivity index (χ1n) is 11.8. The highest BCUT2D eigenvalue weighted by Crippen LogP contribution is 2.56. The van der Waals surface area contributed by atoms with E-state index in [1.807, 2.05) is 0 Å². The van der Waals surface area contributed by atoms with Crippen molar-refractivity contribution in [1.29, 1.82) is 0 Å². The van der Waals surface area contributed by atoms with E-state index in [-0.39, 0.29) is 17.8 Å². The summed E-state index contributed by atoms with van der Waals surface area (Å²) in [7, 11) is 0. The van der Waals surface area contributed by atoms with Crippen LogP contribution >= 0.6 is 0 Å². The molecule has 33 heavy (non-hydrogen) atoms. The molecule has 0 aromatic heterocycles. The van der Waals surface area contributed by atoms with Gasteiger partial charge in [-0.05, 0) is 50.1 Å². The molecule has 0 saturated carbocycles. The molecule has 0 spiro atoms. The van der Waals surface area contributed by atoms with E-state index in [0.717, 1.165) is 0 Å². The van der Waals surface area contributed by atoms with Crippen molar-refractivity contribution in [1.82, 2.24) is 0 Å². The van der Waals surface area contributed by atoms with Crippen LogP contribution < -0.4 is 0 Å². The Labute approximate surface area is 195 Å². The SMILES string of the molecule is c1ccc(C2c3ccccc3C3c4ccccc4C(c4ccccc4)c4cccc2c43)cc1. The molecule has 0 radical (unpaired) electrons. The van der Waals surface area contributed by atoms with Crippen molar-refractivity contribution in [3.63, 3.8) is 0 Å². The van der Waals surface area contributed by atoms with Crippen molar-refractivity contribution >= 4 is 0 Å². The monoisotopic (exact) mass is 420 g/mol. The fraction of sp³-hybridized carbons (Fsp3) is 0.0909. The van der Waals surface area contributed by atoms with E-state index in [1.165, 1.54) is 50.1 Å². The van der Waals surface area contributed by atoms with Crippen molar-refractivity contribution < 1.29 is 0 Å². The zero-order chi connectivity index (χ0) is 21.8. The van der Waals surface area contributed by atoms with Crippen LogP contribution in [-0.4, -0.2) is 0 Å². The molecule has 5 aromatic rings. The van der Waals surface area contributed by atoms with Gasteiger partial charge in [-0.15, -0.1) is 0 Å². The predicted molar refractivity (Wildman–Crippen MR) is 135 cm³/mol. The van der Waals surface area contributed by atoms with Crippen LogP contribution in [0.4, 0.5) is 0 Å². The fourth-order valence-corrected chi connectivity index (χ4v) is 6.33. The Morgan fingerprint density at radius 1 is 0.273 bits per heavy atom.